The van der Waals surface area contributed by atoms with Crippen LogP contribution >= 0.6 is 11.3 Å². The highest BCUT2D eigenvalue weighted by atomic mass is 32.1. The monoisotopic (exact) mass is 368 g/mol. The summed E-state index contributed by atoms with van der Waals surface area (Å²) in [5.41, 5.74) is 4.37. The fraction of sp³-hybridized carbons (Fsp3) is 0.333. The van der Waals surface area contributed by atoms with Crippen molar-refractivity contribution in [3.05, 3.63) is 57.3 Å². The van der Waals surface area contributed by atoms with E-state index >= 15 is 0 Å². The first kappa shape index (κ1) is 16.7. The molecule has 3 aromatic rings. The Kier molecular flexibility index (Phi) is 4.42. The lowest BCUT2D eigenvalue weighted by Gasteiger charge is -2.27. The van der Waals surface area contributed by atoms with Crippen LogP contribution in [0.4, 0.5) is 5.95 Å². The average molecular weight is 368 g/mol. The lowest BCUT2D eigenvalue weighted by molar-refractivity contribution is 0.0734. The molecular weight excluding hydrogens is 348 g/mol. The number of amides is 1. The summed E-state index contributed by atoms with van der Waals surface area (Å²) < 4.78 is 1.89. The van der Waals surface area contributed by atoms with Crippen LogP contribution in [0.3, 0.4) is 0 Å². The zero-order valence-electron chi connectivity index (χ0n) is 14.8. The average Bonchev–Trinajstić information content (AvgIpc) is 3.23. The minimum absolute atomic E-state index is 0.113. The number of rotatable bonds is 4. The number of thiophene rings is 1. The molecule has 4 rings (SSSR count). The highest BCUT2D eigenvalue weighted by Crippen LogP contribution is 2.26. The van der Waals surface area contributed by atoms with Crippen molar-refractivity contribution in [1.29, 1.82) is 0 Å². The number of hydrogen-bond donors (Lipinski definition) is 1. The Morgan fingerprint density at radius 2 is 2.15 bits per heavy atom. The van der Waals surface area contributed by atoms with E-state index in [1.54, 1.807) is 18.5 Å². The van der Waals surface area contributed by atoms with Crippen molar-refractivity contribution in [2.24, 2.45) is 7.05 Å². The van der Waals surface area contributed by atoms with Crippen molar-refractivity contribution >= 4 is 23.2 Å². The fourth-order valence-electron chi connectivity index (χ4n) is 3.26. The van der Waals surface area contributed by atoms with Crippen molar-refractivity contribution in [1.82, 2.24) is 24.6 Å². The third kappa shape index (κ3) is 3.08. The third-order valence-corrected chi connectivity index (χ3v) is 5.66. The molecule has 0 fully saturated rings. The number of nitrogens with one attached hydrogen (secondary N) is 1. The second-order valence-corrected chi connectivity index (χ2v) is 7.25. The van der Waals surface area contributed by atoms with Crippen LogP contribution in [-0.2, 0) is 26.6 Å². The third-order valence-electron chi connectivity index (χ3n) is 4.65. The first-order chi connectivity index (χ1) is 12.6. The van der Waals surface area contributed by atoms with Gasteiger partial charge in [-0.1, -0.05) is 0 Å². The van der Waals surface area contributed by atoms with Gasteiger partial charge < -0.3 is 10.2 Å². The Bertz CT molecular complexity index is 933. The standard InChI is InChI=1S/C18H20N6OS/c1-12-5-9-26-16(12)17(25)24-8-4-13-14(22-23(2)15(13)11-24)10-21-18-19-6-3-7-20-18/h3,5-7,9H,4,8,10-11H2,1-2H3,(H,19,20,21). The molecule has 7 nitrogen and oxygen atoms in total. The van der Waals surface area contributed by atoms with E-state index in [4.69, 9.17) is 0 Å². The molecule has 0 unspecified atom stereocenters. The highest BCUT2D eigenvalue weighted by molar-refractivity contribution is 7.12. The Morgan fingerprint density at radius 1 is 1.35 bits per heavy atom. The smallest absolute Gasteiger partial charge is 0.264 e. The zero-order valence-corrected chi connectivity index (χ0v) is 15.6. The van der Waals surface area contributed by atoms with Gasteiger partial charge in [0.15, 0.2) is 0 Å². The van der Waals surface area contributed by atoms with Gasteiger partial charge in [-0.05, 0) is 36.4 Å². The molecule has 0 bridgehead atoms. The molecule has 3 aromatic heterocycles. The van der Waals surface area contributed by atoms with Crippen LogP contribution in [0, 0.1) is 6.92 Å². The molecule has 0 saturated carbocycles. The molecule has 0 aromatic carbocycles. The molecule has 1 amide bonds. The maximum atomic E-state index is 12.8. The summed E-state index contributed by atoms with van der Waals surface area (Å²) in [4.78, 5) is 23.9. The largest absolute Gasteiger partial charge is 0.348 e. The molecule has 0 atom stereocenters. The van der Waals surface area contributed by atoms with Crippen molar-refractivity contribution < 1.29 is 4.79 Å². The first-order valence-corrected chi connectivity index (χ1v) is 9.39. The van der Waals surface area contributed by atoms with Crippen molar-refractivity contribution in [3.63, 3.8) is 0 Å². The Morgan fingerprint density at radius 3 is 2.88 bits per heavy atom. The Balaban J connectivity index is 1.51. The van der Waals surface area contributed by atoms with Gasteiger partial charge in [0.05, 0.1) is 29.4 Å². The molecule has 8 heteroatoms. The summed E-state index contributed by atoms with van der Waals surface area (Å²) in [6.07, 6.45) is 4.23. The Hall–Kier alpha value is -2.74. The van der Waals surface area contributed by atoms with Crippen LogP contribution in [-0.4, -0.2) is 37.1 Å². The topological polar surface area (TPSA) is 75.9 Å². The summed E-state index contributed by atoms with van der Waals surface area (Å²) in [6, 6.07) is 3.78. The summed E-state index contributed by atoms with van der Waals surface area (Å²) in [6.45, 7) is 3.87. The van der Waals surface area contributed by atoms with E-state index in [1.165, 1.54) is 16.9 Å². The molecule has 26 heavy (non-hydrogen) atoms. The van der Waals surface area contributed by atoms with Gasteiger partial charge in [0.1, 0.15) is 0 Å². The normalized spacial score (nSPS) is 13.5. The number of aromatic nitrogens is 4. The molecule has 0 radical (unpaired) electrons. The lowest BCUT2D eigenvalue weighted by Crippen LogP contribution is -2.36. The number of carbonyl (C=O) groups is 1. The van der Waals surface area contributed by atoms with Crippen LogP contribution < -0.4 is 5.32 Å². The molecule has 1 N–H and O–H groups in total. The molecule has 0 saturated heterocycles. The molecule has 134 valence electrons. The van der Waals surface area contributed by atoms with Crippen molar-refractivity contribution in [3.8, 4) is 0 Å². The van der Waals surface area contributed by atoms with Gasteiger partial charge in [0.2, 0.25) is 5.95 Å². The molecule has 4 heterocycles. The number of nitrogens with zero attached hydrogens (tertiary/aromatic N) is 5. The quantitative estimate of drug-likeness (QED) is 0.765. The maximum absolute atomic E-state index is 12.8. The van der Waals surface area contributed by atoms with Gasteiger partial charge in [-0.3, -0.25) is 9.48 Å². The maximum Gasteiger partial charge on any atom is 0.264 e. The van der Waals surface area contributed by atoms with E-state index in [0.717, 1.165) is 28.2 Å². The van der Waals surface area contributed by atoms with Crippen LogP contribution in [0.5, 0.6) is 0 Å². The van der Waals surface area contributed by atoms with E-state index in [0.29, 0.717) is 25.6 Å². The SMILES string of the molecule is Cc1ccsc1C(=O)N1CCc2c(CNc3ncccn3)nn(C)c2C1. The molecular formula is C18H20N6OS. The number of hydrogen-bond acceptors (Lipinski definition) is 6. The van der Waals surface area contributed by atoms with E-state index in [1.807, 2.05) is 35.0 Å². The van der Waals surface area contributed by atoms with E-state index in [2.05, 4.69) is 20.4 Å². The summed E-state index contributed by atoms with van der Waals surface area (Å²) in [7, 11) is 1.94. The van der Waals surface area contributed by atoms with Crippen molar-refractivity contribution in [2.75, 3.05) is 11.9 Å². The predicted octanol–water partition coefficient (Wildman–Crippen LogP) is 2.39. The fourth-order valence-corrected chi connectivity index (χ4v) is 4.15. The van der Waals surface area contributed by atoms with Gasteiger partial charge in [0.25, 0.3) is 5.91 Å². The van der Waals surface area contributed by atoms with E-state index in [-0.39, 0.29) is 5.91 Å². The minimum atomic E-state index is 0.113. The second-order valence-electron chi connectivity index (χ2n) is 6.33. The Labute approximate surface area is 155 Å². The molecule has 1 aliphatic rings. The van der Waals surface area contributed by atoms with Gasteiger partial charge in [-0.2, -0.15) is 5.10 Å². The summed E-state index contributed by atoms with van der Waals surface area (Å²) in [5.74, 6) is 0.703. The van der Waals surface area contributed by atoms with Crippen LogP contribution in [0.15, 0.2) is 29.9 Å². The molecule has 1 aliphatic heterocycles. The number of carbonyl (C=O) groups excluding carboxylic acids is 1. The number of fused-ring (bicyclic) bond motifs is 1. The molecule has 0 spiro atoms. The van der Waals surface area contributed by atoms with Crippen molar-refractivity contribution in [2.45, 2.75) is 26.4 Å². The van der Waals surface area contributed by atoms with Crippen LogP contribution in [0.2, 0.25) is 0 Å². The van der Waals surface area contributed by atoms with Crippen LogP contribution in [0.1, 0.15) is 32.2 Å². The second kappa shape index (κ2) is 6.87. The molecule has 0 aliphatic carbocycles. The van der Waals surface area contributed by atoms with Gasteiger partial charge in [-0.15, -0.1) is 11.3 Å². The predicted molar refractivity (Wildman–Crippen MR) is 100 cm³/mol. The van der Waals surface area contributed by atoms with E-state index < -0.39 is 0 Å². The highest BCUT2D eigenvalue weighted by Gasteiger charge is 2.28. The number of anilines is 1. The minimum Gasteiger partial charge on any atom is -0.348 e. The lowest BCUT2D eigenvalue weighted by atomic mass is 10.0. The zero-order chi connectivity index (χ0) is 18.1. The van der Waals surface area contributed by atoms with Gasteiger partial charge in [0, 0.05) is 31.5 Å². The summed E-state index contributed by atoms with van der Waals surface area (Å²) >= 11 is 1.51. The van der Waals surface area contributed by atoms with Crippen LogP contribution in [0.25, 0.3) is 0 Å². The number of aryl methyl sites for hydroxylation is 2. The van der Waals surface area contributed by atoms with E-state index in [9.17, 15) is 4.79 Å². The van der Waals surface area contributed by atoms with Gasteiger partial charge >= 0.3 is 0 Å². The summed E-state index contributed by atoms with van der Waals surface area (Å²) in [5, 5.41) is 9.83. The van der Waals surface area contributed by atoms with Gasteiger partial charge in [-0.25, -0.2) is 9.97 Å². The first-order valence-electron chi connectivity index (χ1n) is 8.51.